The van der Waals surface area contributed by atoms with Crippen LogP contribution in [0.15, 0.2) is 0 Å². The summed E-state index contributed by atoms with van der Waals surface area (Å²) in [5.41, 5.74) is -0.324. The van der Waals surface area contributed by atoms with Crippen molar-refractivity contribution in [3.8, 4) is 0 Å². The molecule has 4 heteroatoms. The highest BCUT2D eigenvalue weighted by atomic mass is 16.3. The van der Waals surface area contributed by atoms with Gasteiger partial charge in [-0.1, -0.05) is 13.8 Å². The Balaban J connectivity index is 1.86. The van der Waals surface area contributed by atoms with E-state index >= 15 is 0 Å². The van der Waals surface area contributed by atoms with Crippen LogP contribution in [0.1, 0.15) is 39.5 Å². The van der Waals surface area contributed by atoms with E-state index in [1.807, 2.05) is 13.8 Å². The van der Waals surface area contributed by atoms with Crippen LogP contribution in [-0.4, -0.2) is 37.3 Å². The Bertz CT molecular complexity index is 305. The summed E-state index contributed by atoms with van der Waals surface area (Å²) in [4.78, 5) is 12.3. The fraction of sp³-hybridized carbons (Fsp3) is 0.929. The van der Waals surface area contributed by atoms with Crippen LogP contribution in [0.25, 0.3) is 0 Å². The summed E-state index contributed by atoms with van der Waals surface area (Å²) in [6.45, 7) is 6.91. The molecule has 18 heavy (non-hydrogen) atoms. The molecule has 1 aliphatic heterocycles. The van der Waals surface area contributed by atoms with E-state index in [-0.39, 0.29) is 23.3 Å². The van der Waals surface area contributed by atoms with Gasteiger partial charge < -0.3 is 15.7 Å². The summed E-state index contributed by atoms with van der Waals surface area (Å²) in [7, 11) is 0. The minimum Gasteiger partial charge on any atom is -0.396 e. The van der Waals surface area contributed by atoms with Crippen LogP contribution in [0, 0.1) is 16.7 Å². The lowest BCUT2D eigenvalue weighted by Gasteiger charge is -2.36. The monoisotopic (exact) mass is 254 g/mol. The van der Waals surface area contributed by atoms with E-state index < -0.39 is 0 Å². The van der Waals surface area contributed by atoms with Crippen LogP contribution >= 0.6 is 0 Å². The zero-order valence-electron chi connectivity index (χ0n) is 11.6. The van der Waals surface area contributed by atoms with E-state index in [1.54, 1.807) is 0 Å². The highest BCUT2D eigenvalue weighted by Gasteiger charge is 2.44. The second kappa shape index (κ2) is 5.17. The lowest BCUT2D eigenvalue weighted by molar-refractivity contribution is -0.132. The largest absolute Gasteiger partial charge is 0.396 e. The maximum Gasteiger partial charge on any atom is 0.226 e. The van der Waals surface area contributed by atoms with Gasteiger partial charge in [0, 0.05) is 17.4 Å². The van der Waals surface area contributed by atoms with Crippen molar-refractivity contribution in [2.75, 3.05) is 26.2 Å². The molecule has 1 saturated carbocycles. The van der Waals surface area contributed by atoms with E-state index in [2.05, 4.69) is 10.6 Å². The number of carbonyl (C=O) groups is 1. The van der Waals surface area contributed by atoms with Crippen LogP contribution in [0.5, 0.6) is 0 Å². The number of piperidine rings is 1. The second-order valence-electron chi connectivity index (χ2n) is 6.61. The van der Waals surface area contributed by atoms with Gasteiger partial charge >= 0.3 is 0 Å². The van der Waals surface area contributed by atoms with Crippen LogP contribution in [0.3, 0.4) is 0 Å². The number of amides is 1. The first-order chi connectivity index (χ1) is 8.50. The van der Waals surface area contributed by atoms with Crippen LogP contribution < -0.4 is 10.6 Å². The summed E-state index contributed by atoms with van der Waals surface area (Å²) in [5, 5.41) is 15.7. The molecule has 0 spiro atoms. The van der Waals surface area contributed by atoms with Crippen molar-refractivity contribution in [2.45, 2.75) is 39.5 Å². The van der Waals surface area contributed by atoms with Gasteiger partial charge in [-0.15, -0.1) is 0 Å². The third-order valence-electron chi connectivity index (χ3n) is 4.82. The van der Waals surface area contributed by atoms with Crippen LogP contribution in [-0.2, 0) is 4.79 Å². The number of rotatable bonds is 5. The van der Waals surface area contributed by atoms with Gasteiger partial charge in [0.05, 0.1) is 6.61 Å². The number of aliphatic hydroxyl groups is 1. The van der Waals surface area contributed by atoms with Gasteiger partial charge in [-0.2, -0.15) is 0 Å². The molecule has 104 valence electrons. The molecule has 0 aromatic carbocycles. The molecule has 1 saturated heterocycles. The highest BCUT2D eigenvalue weighted by Crippen LogP contribution is 2.44. The molecular weight excluding hydrogens is 228 g/mol. The third-order valence-corrected chi connectivity index (χ3v) is 4.82. The Morgan fingerprint density at radius 1 is 1.50 bits per heavy atom. The molecular formula is C14H26N2O2. The first kappa shape index (κ1) is 13.8. The van der Waals surface area contributed by atoms with Crippen LogP contribution in [0.2, 0.25) is 0 Å². The molecule has 4 nitrogen and oxygen atoms in total. The zero-order chi connectivity index (χ0) is 13.2. The summed E-state index contributed by atoms with van der Waals surface area (Å²) < 4.78 is 0. The molecule has 0 aromatic rings. The van der Waals surface area contributed by atoms with Gasteiger partial charge in [-0.3, -0.25) is 4.79 Å². The fourth-order valence-electron chi connectivity index (χ4n) is 2.72. The van der Waals surface area contributed by atoms with Gasteiger partial charge in [0.1, 0.15) is 0 Å². The van der Waals surface area contributed by atoms with Gasteiger partial charge in [-0.25, -0.2) is 0 Å². The molecule has 1 aliphatic carbocycles. The minimum absolute atomic E-state index is 0.00342. The van der Waals surface area contributed by atoms with Crippen molar-refractivity contribution in [3.05, 3.63) is 0 Å². The van der Waals surface area contributed by atoms with Crippen molar-refractivity contribution in [1.82, 2.24) is 10.6 Å². The Labute approximate surface area is 110 Å². The van der Waals surface area contributed by atoms with E-state index in [0.717, 1.165) is 38.8 Å². The lowest BCUT2D eigenvalue weighted by Crippen LogP contribution is -2.48. The van der Waals surface area contributed by atoms with Crippen molar-refractivity contribution >= 4 is 5.91 Å². The Morgan fingerprint density at radius 3 is 2.72 bits per heavy atom. The molecule has 2 fully saturated rings. The smallest absolute Gasteiger partial charge is 0.226 e. The van der Waals surface area contributed by atoms with Crippen molar-refractivity contribution < 1.29 is 9.90 Å². The predicted octanol–water partition coefficient (Wildman–Crippen LogP) is 0.901. The summed E-state index contributed by atoms with van der Waals surface area (Å²) in [6.07, 6.45) is 4.35. The van der Waals surface area contributed by atoms with Gasteiger partial charge in [0.25, 0.3) is 0 Å². The predicted molar refractivity (Wildman–Crippen MR) is 71.1 cm³/mol. The molecule has 2 rings (SSSR count). The number of aliphatic hydroxyl groups excluding tert-OH is 1. The fourth-order valence-corrected chi connectivity index (χ4v) is 2.72. The maximum atomic E-state index is 12.3. The number of hydrogen-bond acceptors (Lipinski definition) is 3. The molecule has 1 amide bonds. The van der Waals surface area contributed by atoms with E-state index in [0.29, 0.717) is 12.5 Å². The second-order valence-corrected chi connectivity index (χ2v) is 6.61. The summed E-state index contributed by atoms with van der Waals surface area (Å²) in [5.74, 6) is 0.548. The molecule has 1 unspecified atom stereocenters. The Kier molecular flexibility index (Phi) is 3.97. The molecule has 0 bridgehead atoms. The average molecular weight is 254 g/mol. The highest BCUT2D eigenvalue weighted by molar-refractivity contribution is 5.82. The lowest BCUT2D eigenvalue weighted by atomic mass is 9.74. The molecule has 0 aromatic heterocycles. The first-order valence-electron chi connectivity index (χ1n) is 7.10. The van der Waals surface area contributed by atoms with Crippen molar-refractivity contribution in [1.29, 1.82) is 0 Å². The summed E-state index contributed by atoms with van der Waals surface area (Å²) >= 11 is 0. The van der Waals surface area contributed by atoms with Gasteiger partial charge in [0.15, 0.2) is 0 Å². The SMILES string of the molecule is CC(C)(C(=O)NCC1(CO)CC1)C1CCCNC1. The van der Waals surface area contributed by atoms with Gasteiger partial charge in [-0.05, 0) is 44.7 Å². The number of hydrogen-bond donors (Lipinski definition) is 3. The Morgan fingerprint density at radius 2 is 2.22 bits per heavy atom. The Hall–Kier alpha value is -0.610. The molecule has 0 radical (unpaired) electrons. The standard InChI is InChI=1S/C14H26N2O2/c1-13(2,11-4-3-7-15-8-11)12(18)16-9-14(10-17)5-6-14/h11,15,17H,3-10H2,1-2H3,(H,16,18). The zero-order valence-corrected chi connectivity index (χ0v) is 11.6. The van der Waals surface area contributed by atoms with Crippen molar-refractivity contribution in [2.24, 2.45) is 16.7 Å². The first-order valence-corrected chi connectivity index (χ1v) is 7.10. The molecule has 1 heterocycles. The van der Waals surface area contributed by atoms with Crippen molar-refractivity contribution in [3.63, 3.8) is 0 Å². The van der Waals surface area contributed by atoms with E-state index in [4.69, 9.17) is 0 Å². The van der Waals surface area contributed by atoms with Gasteiger partial charge in [0.2, 0.25) is 5.91 Å². The molecule has 1 atom stereocenters. The molecule has 3 N–H and O–H groups in total. The summed E-state index contributed by atoms with van der Waals surface area (Å²) in [6, 6.07) is 0. The third kappa shape index (κ3) is 2.86. The maximum absolute atomic E-state index is 12.3. The van der Waals surface area contributed by atoms with E-state index in [9.17, 15) is 9.90 Å². The topological polar surface area (TPSA) is 61.4 Å². The number of nitrogens with one attached hydrogen (secondary N) is 2. The van der Waals surface area contributed by atoms with E-state index in [1.165, 1.54) is 0 Å². The number of carbonyl (C=O) groups excluding carboxylic acids is 1. The molecule has 2 aliphatic rings. The minimum atomic E-state index is -0.320. The normalized spacial score (nSPS) is 26.7. The quantitative estimate of drug-likeness (QED) is 0.683. The average Bonchev–Trinajstić information content (AvgIpc) is 3.17. The van der Waals surface area contributed by atoms with Crippen LogP contribution in [0.4, 0.5) is 0 Å².